The molecule has 2 aliphatic rings. The van der Waals surface area contributed by atoms with Crippen LogP contribution < -0.4 is 20.3 Å². The number of amides is 2. The Balaban J connectivity index is 1.20. The van der Waals surface area contributed by atoms with Crippen molar-refractivity contribution in [3.05, 3.63) is 71.0 Å². The quantitative estimate of drug-likeness (QED) is 0.543. The number of rotatable bonds is 5. The van der Waals surface area contributed by atoms with Gasteiger partial charge in [0, 0.05) is 72.9 Å². The van der Waals surface area contributed by atoms with Crippen LogP contribution in [-0.2, 0) is 17.6 Å². The van der Waals surface area contributed by atoms with E-state index >= 15 is 0 Å². The summed E-state index contributed by atoms with van der Waals surface area (Å²) in [6.07, 6.45) is 2.35. The highest BCUT2D eigenvalue weighted by Crippen LogP contribution is 2.31. The molecule has 1 aliphatic carbocycles. The first-order valence-corrected chi connectivity index (χ1v) is 11.9. The van der Waals surface area contributed by atoms with Gasteiger partial charge in [-0.25, -0.2) is 4.79 Å². The van der Waals surface area contributed by atoms with Crippen molar-refractivity contribution in [2.24, 2.45) is 0 Å². The molecule has 2 aromatic carbocycles. The van der Waals surface area contributed by atoms with Gasteiger partial charge in [0.1, 0.15) is 17.3 Å². The number of likely N-dealkylation sites (N-methyl/N-ethyl adjacent to an activating group) is 1. The number of pyridine rings is 1. The number of hydrogen-bond acceptors (Lipinski definition) is 6. The van der Waals surface area contributed by atoms with E-state index in [2.05, 4.69) is 32.5 Å². The molecule has 0 bridgehead atoms. The lowest BCUT2D eigenvalue weighted by Gasteiger charge is -2.34. The van der Waals surface area contributed by atoms with Gasteiger partial charge in [0.2, 0.25) is 0 Å². The number of hydrogen-bond donors (Lipinski definition) is 2. The third kappa shape index (κ3) is 5.55. The van der Waals surface area contributed by atoms with Gasteiger partial charge in [0.05, 0.1) is 5.69 Å². The zero-order valence-corrected chi connectivity index (χ0v) is 20.1. The van der Waals surface area contributed by atoms with Crippen molar-refractivity contribution >= 4 is 40.5 Å². The van der Waals surface area contributed by atoms with E-state index in [9.17, 15) is 9.59 Å². The van der Waals surface area contributed by atoms with Gasteiger partial charge in [-0.15, -0.1) is 0 Å². The highest BCUT2D eigenvalue weighted by atomic mass is 35.5. The van der Waals surface area contributed by atoms with E-state index in [0.29, 0.717) is 40.7 Å². The summed E-state index contributed by atoms with van der Waals surface area (Å²) in [6.45, 7) is 3.79. The maximum absolute atomic E-state index is 12.6. The molecule has 0 unspecified atom stereocenters. The summed E-state index contributed by atoms with van der Waals surface area (Å²) < 4.78 is 5.97. The van der Waals surface area contributed by atoms with E-state index in [1.807, 2.05) is 12.1 Å². The molecule has 1 aromatic heterocycles. The van der Waals surface area contributed by atoms with E-state index in [0.717, 1.165) is 43.1 Å². The Labute approximate surface area is 208 Å². The molecule has 1 aliphatic heterocycles. The van der Waals surface area contributed by atoms with Crippen LogP contribution in [0.4, 0.5) is 21.9 Å². The van der Waals surface area contributed by atoms with Crippen molar-refractivity contribution in [3.63, 3.8) is 0 Å². The molecule has 0 atom stereocenters. The first kappa shape index (κ1) is 23.1. The monoisotopic (exact) mass is 491 g/mol. The van der Waals surface area contributed by atoms with Gasteiger partial charge < -0.3 is 25.2 Å². The van der Waals surface area contributed by atoms with E-state index in [-0.39, 0.29) is 11.8 Å². The van der Waals surface area contributed by atoms with Gasteiger partial charge in [0.25, 0.3) is 0 Å². The average molecular weight is 492 g/mol. The number of nitrogens with zero attached hydrogens (tertiary/aromatic N) is 3. The summed E-state index contributed by atoms with van der Waals surface area (Å²) in [5.74, 6) is 1.39. The number of fused-ring (bicyclic) bond motifs is 1. The van der Waals surface area contributed by atoms with E-state index in [4.69, 9.17) is 16.3 Å². The second-order valence-electron chi connectivity index (χ2n) is 8.82. The fraction of sp³-hybridized carbons (Fsp3) is 0.269. The minimum atomic E-state index is -0.365. The maximum Gasteiger partial charge on any atom is 0.323 e. The summed E-state index contributed by atoms with van der Waals surface area (Å²) in [5.41, 5.74) is 3.86. The lowest BCUT2D eigenvalue weighted by Crippen LogP contribution is -2.44. The molecule has 3 aromatic rings. The molecular weight excluding hydrogens is 466 g/mol. The second kappa shape index (κ2) is 9.93. The minimum absolute atomic E-state index is 0.143. The molecule has 1 saturated heterocycles. The molecular formula is C26H26ClN5O3. The number of carbonyl (C=O) groups excluding carboxylic acids is 2. The number of aromatic nitrogens is 1. The Bertz CT molecular complexity index is 1260. The molecule has 8 nitrogen and oxygen atoms in total. The summed E-state index contributed by atoms with van der Waals surface area (Å²) in [6, 6.07) is 14.0. The number of urea groups is 1. The summed E-state index contributed by atoms with van der Waals surface area (Å²) in [7, 11) is 2.11. The number of benzene rings is 2. The predicted octanol–water partition coefficient (Wildman–Crippen LogP) is 4.59. The van der Waals surface area contributed by atoms with Gasteiger partial charge in [-0.3, -0.25) is 9.78 Å². The zero-order valence-electron chi connectivity index (χ0n) is 19.4. The van der Waals surface area contributed by atoms with Crippen molar-refractivity contribution in [3.8, 4) is 11.5 Å². The number of halogens is 1. The topological polar surface area (TPSA) is 86.8 Å². The molecule has 2 heterocycles. The number of piperazine rings is 1. The summed E-state index contributed by atoms with van der Waals surface area (Å²) in [5, 5.41) is 6.27. The third-order valence-corrected chi connectivity index (χ3v) is 6.41. The van der Waals surface area contributed by atoms with Crippen LogP contribution in [-0.4, -0.2) is 54.9 Å². The third-order valence-electron chi connectivity index (χ3n) is 6.19. The van der Waals surface area contributed by atoms with Crippen LogP contribution in [0.1, 0.15) is 11.3 Å². The van der Waals surface area contributed by atoms with Crippen LogP contribution >= 0.6 is 11.6 Å². The maximum atomic E-state index is 12.6. The number of nitrogens with one attached hydrogen (secondary N) is 2. The number of Topliss-reactive ketones (excluding diaryl/α,β-unsaturated/α-hetero) is 1. The van der Waals surface area contributed by atoms with Gasteiger partial charge in [-0.1, -0.05) is 11.6 Å². The van der Waals surface area contributed by atoms with Crippen LogP contribution in [0.3, 0.4) is 0 Å². The van der Waals surface area contributed by atoms with Crippen molar-refractivity contribution in [1.82, 2.24) is 9.88 Å². The molecule has 0 radical (unpaired) electrons. The largest absolute Gasteiger partial charge is 0.457 e. The Morgan fingerprint density at radius 3 is 2.49 bits per heavy atom. The lowest BCUT2D eigenvalue weighted by molar-refractivity contribution is -0.117. The van der Waals surface area contributed by atoms with Crippen LogP contribution in [0, 0.1) is 0 Å². The normalized spacial score (nSPS) is 15.6. The SMILES string of the molecule is CN1CCN(c2cc(Cl)cc(NC(=O)Nc3ccc(Oc4ccnc5c4CC(=O)C5)cc3)c2)CC1. The minimum Gasteiger partial charge on any atom is -0.457 e. The Hall–Kier alpha value is -3.62. The highest BCUT2D eigenvalue weighted by Gasteiger charge is 2.23. The Morgan fingerprint density at radius 1 is 0.971 bits per heavy atom. The smallest absolute Gasteiger partial charge is 0.323 e. The molecule has 0 saturated carbocycles. The molecule has 9 heteroatoms. The van der Waals surface area contributed by atoms with Crippen molar-refractivity contribution in [1.29, 1.82) is 0 Å². The average Bonchev–Trinajstić information content (AvgIpc) is 3.21. The summed E-state index contributed by atoms with van der Waals surface area (Å²) >= 11 is 6.32. The zero-order chi connectivity index (χ0) is 24.4. The molecule has 1 fully saturated rings. The number of carbonyl (C=O) groups is 2. The van der Waals surface area contributed by atoms with E-state index in [1.54, 1.807) is 42.6 Å². The Morgan fingerprint density at radius 2 is 1.71 bits per heavy atom. The van der Waals surface area contributed by atoms with Gasteiger partial charge in [-0.05, 0) is 55.6 Å². The Kier molecular flexibility index (Phi) is 6.57. The fourth-order valence-corrected chi connectivity index (χ4v) is 4.55. The van der Waals surface area contributed by atoms with E-state index < -0.39 is 0 Å². The van der Waals surface area contributed by atoms with Crippen LogP contribution in [0.5, 0.6) is 11.5 Å². The second-order valence-corrected chi connectivity index (χ2v) is 9.26. The van der Waals surface area contributed by atoms with Crippen LogP contribution in [0.25, 0.3) is 0 Å². The molecule has 0 spiro atoms. The molecule has 180 valence electrons. The van der Waals surface area contributed by atoms with Crippen molar-refractivity contribution in [2.45, 2.75) is 12.8 Å². The van der Waals surface area contributed by atoms with Gasteiger partial charge in [-0.2, -0.15) is 0 Å². The lowest BCUT2D eigenvalue weighted by atomic mass is 10.2. The summed E-state index contributed by atoms with van der Waals surface area (Å²) in [4.78, 5) is 33.2. The molecule has 35 heavy (non-hydrogen) atoms. The molecule has 5 rings (SSSR count). The van der Waals surface area contributed by atoms with Crippen LogP contribution in [0.2, 0.25) is 5.02 Å². The predicted molar refractivity (Wildman–Crippen MR) is 137 cm³/mol. The van der Waals surface area contributed by atoms with Gasteiger partial charge in [0.15, 0.2) is 0 Å². The molecule has 2 amide bonds. The number of ether oxygens (including phenoxy) is 1. The number of ketones is 1. The standard InChI is InChI=1S/C26H26ClN5O3/c1-31-8-10-32(11-9-31)20-13-17(27)12-19(14-20)30-26(34)29-18-2-4-22(5-3-18)35-25-6-7-28-24-16-21(33)15-23(24)25/h2-7,12-14H,8-11,15-16H2,1H3,(H2,29,30,34). The van der Waals surface area contributed by atoms with Crippen molar-refractivity contribution < 1.29 is 14.3 Å². The van der Waals surface area contributed by atoms with Gasteiger partial charge >= 0.3 is 6.03 Å². The number of anilines is 3. The van der Waals surface area contributed by atoms with Crippen LogP contribution in [0.15, 0.2) is 54.7 Å². The van der Waals surface area contributed by atoms with E-state index in [1.165, 1.54) is 0 Å². The highest BCUT2D eigenvalue weighted by molar-refractivity contribution is 6.31. The first-order chi connectivity index (χ1) is 16.9. The molecule has 2 N–H and O–H groups in total. The van der Waals surface area contributed by atoms with Crippen molar-refractivity contribution in [2.75, 3.05) is 48.8 Å². The fourth-order valence-electron chi connectivity index (χ4n) is 4.32. The first-order valence-electron chi connectivity index (χ1n) is 11.5.